The van der Waals surface area contributed by atoms with E-state index in [9.17, 15) is 9.59 Å². The average Bonchev–Trinajstić information content (AvgIpc) is 3.08. The van der Waals surface area contributed by atoms with Crippen LogP contribution in [0, 0.1) is 6.92 Å². The summed E-state index contributed by atoms with van der Waals surface area (Å²) in [6, 6.07) is 16.4. The number of anilines is 1. The molecule has 0 radical (unpaired) electrons. The monoisotopic (exact) mass is 381 g/mol. The predicted molar refractivity (Wildman–Crippen MR) is 107 cm³/mol. The Balaban J connectivity index is 1.69. The van der Waals surface area contributed by atoms with Crippen molar-refractivity contribution in [3.05, 3.63) is 70.6 Å². The second-order valence-electron chi connectivity index (χ2n) is 5.85. The molecule has 138 valence electrons. The van der Waals surface area contributed by atoms with E-state index in [4.69, 9.17) is 10.5 Å². The Labute approximate surface area is 160 Å². The summed E-state index contributed by atoms with van der Waals surface area (Å²) in [5.41, 5.74) is 13.4. The van der Waals surface area contributed by atoms with Crippen LogP contribution in [-0.2, 0) is 0 Å². The van der Waals surface area contributed by atoms with Crippen LogP contribution in [0.15, 0.2) is 54.6 Å². The number of rotatable bonds is 4. The molecule has 1 aromatic heterocycles. The molecule has 6 nitrogen and oxygen atoms in total. The Morgan fingerprint density at radius 3 is 2.41 bits per heavy atom. The Morgan fingerprint density at radius 1 is 1.00 bits per heavy atom. The Kier molecular flexibility index (Phi) is 5.42. The maximum Gasteiger partial charge on any atom is 0.281 e. The van der Waals surface area contributed by atoms with Crippen LogP contribution in [0.25, 0.3) is 10.4 Å². The first-order chi connectivity index (χ1) is 13.0. The fourth-order valence-electron chi connectivity index (χ4n) is 2.53. The van der Waals surface area contributed by atoms with E-state index in [0.29, 0.717) is 21.9 Å². The lowest BCUT2D eigenvalue weighted by molar-refractivity contribution is 0.0849. The molecule has 4 N–H and O–H groups in total. The number of hydrogen-bond donors (Lipinski definition) is 3. The van der Waals surface area contributed by atoms with E-state index in [1.54, 1.807) is 24.3 Å². The van der Waals surface area contributed by atoms with Crippen LogP contribution in [0.1, 0.15) is 25.6 Å². The lowest BCUT2D eigenvalue weighted by Gasteiger charge is -2.09. The fourth-order valence-corrected chi connectivity index (χ4v) is 3.51. The van der Waals surface area contributed by atoms with Crippen LogP contribution in [0.4, 0.5) is 5.69 Å². The van der Waals surface area contributed by atoms with Gasteiger partial charge in [0.2, 0.25) is 0 Å². The van der Waals surface area contributed by atoms with Crippen molar-refractivity contribution in [2.75, 3.05) is 12.8 Å². The Hall–Kier alpha value is -3.32. The topological polar surface area (TPSA) is 93.5 Å². The summed E-state index contributed by atoms with van der Waals surface area (Å²) in [5, 5.41) is 0. The summed E-state index contributed by atoms with van der Waals surface area (Å²) < 4.78 is 5.21. The molecule has 3 aromatic rings. The van der Waals surface area contributed by atoms with E-state index in [2.05, 4.69) is 10.9 Å². The van der Waals surface area contributed by atoms with Crippen molar-refractivity contribution in [2.24, 2.45) is 0 Å². The van der Waals surface area contributed by atoms with Crippen molar-refractivity contribution >= 4 is 28.8 Å². The van der Waals surface area contributed by atoms with Gasteiger partial charge in [0.25, 0.3) is 11.8 Å². The minimum absolute atomic E-state index is 0.343. The molecule has 0 saturated carbocycles. The summed E-state index contributed by atoms with van der Waals surface area (Å²) in [6.45, 7) is 1.88. The summed E-state index contributed by atoms with van der Waals surface area (Å²) in [5.74, 6) is -0.309. The van der Waals surface area contributed by atoms with Crippen LogP contribution in [0.2, 0.25) is 0 Å². The highest BCUT2D eigenvalue weighted by atomic mass is 32.1. The number of hydrogen-bond acceptors (Lipinski definition) is 5. The van der Waals surface area contributed by atoms with E-state index >= 15 is 0 Å². The number of nitrogens with one attached hydrogen (secondary N) is 2. The van der Waals surface area contributed by atoms with E-state index in [1.807, 2.05) is 37.3 Å². The highest BCUT2D eigenvalue weighted by Gasteiger charge is 2.16. The fraction of sp³-hybridized carbons (Fsp3) is 0.100. The molecule has 3 rings (SSSR count). The van der Waals surface area contributed by atoms with Gasteiger partial charge in [-0.05, 0) is 36.2 Å². The standard InChI is InChI=1S/C20H19N3O3S/c1-12-8-9-14(10-16(12)26-2)19(24)22-23-20(25)18-15(21)11-17(27-18)13-6-4-3-5-7-13/h3-11H,21H2,1-2H3,(H,22,24)(H,23,25). The summed E-state index contributed by atoms with van der Waals surface area (Å²) in [4.78, 5) is 25.9. The predicted octanol–water partition coefficient (Wildman–Crippen LogP) is 3.39. The van der Waals surface area contributed by atoms with Crippen molar-refractivity contribution in [1.82, 2.24) is 10.9 Å². The molecule has 2 aromatic carbocycles. The van der Waals surface area contributed by atoms with Crippen LogP contribution in [0.3, 0.4) is 0 Å². The first-order valence-electron chi connectivity index (χ1n) is 8.19. The van der Waals surface area contributed by atoms with Crippen LogP contribution < -0.4 is 21.3 Å². The molecule has 0 aliphatic heterocycles. The minimum Gasteiger partial charge on any atom is -0.496 e. The van der Waals surface area contributed by atoms with Gasteiger partial charge in [0.15, 0.2) is 0 Å². The number of amides is 2. The van der Waals surface area contributed by atoms with Gasteiger partial charge in [-0.3, -0.25) is 20.4 Å². The number of carbonyl (C=O) groups excluding carboxylic acids is 2. The molecule has 0 bridgehead atoms. The largest absolute Gasteiger partial charge is 0.496 e. The van der Waals surface area contributed by atoms with E-state index in [1.165, 1.54) is 18.4 Å². The maximum atomic E-state index is 12.4. The van der Waals surface area contributed by atoms with Crippen LogP contribution >= 0.6 is 11.3 Å². The molecule has 1 heterocycles. The summed E-state index contributed by atoms with van der Waals surface area (Å²) >= 11 is 1.27. The van der Waals surface area contributed by atoms with Crippen molar-refractivity contribution in [1.29, 1.82) is 0 Å². The molecule has 0 aliphatic carbocycles. The van der Waals surface area contributed by atoms with Gasteiger partial charge >= 0.3 is 0 Å². The average molecular weight is 381 g/mol. The van der Waals surface area contributed by atoms with Crippen molar-refractivity contribution in [3.8, 4) is 16.2 Å². The third-order valence-corrected chi connectivity index (χ3v) is 5.18. The highest BCUT2D eigenvalue weighted by Crippen LogP contribution is 2.32. The Bertz CT molecular complexity index is 983. The van der Waals surface area contributed by atoms with Gasteiger partial charge < -0.3 is 10.5 Å². The molecular weight excluding hydrogens is 362 g/mol. The van der Waals surface area contributed by atoms with Crippen molar-refractivity contribution in [2.45, 2.75) is 6.92 Å². The summed E-state index contributed by atoms with van der Waals surface area (Å²) in [7, 11) is 1.54. The molecule has 0 aliphatic rings. The van der Waals surface area contributed by atoms with Crippen LogP contribution in [-0.4, -0.2) is 18.9 Å². The maximum absolute atomic E-state index is 12.4. The van der Waals surface area contributed by atoms with Crippen molar-refractivity contribution < 1.29 is 14.3 Å². The van der Waals surface area contributed by atoms with Gasteiger partial charge in [0.1, 0.15) is 10.6 Å². The first kappa shape index (κ1) is 18.5. The molecule has 27 heavy (non-hydrogen) atoms. The quantitative estimate of drug-likeness (QED) is 0.604. The molecule has 0 fully saturated rings. The number of methoxy groups -OCH3 is 1. The van der Waals surface area contributed by atoms with Crippen LogP contribution in [0.5, 0.6) is 5.75 Å². The van der Waals surface area contributed by atoms with E-state index < -0.39 is 11.8 Å². The zero-order valence-electron chi connectivity index (χ0n) is 14.9. The van der Waals surface area contributed by atoms with Crippen molar-refractivity contribution in [3.63, 3.8) is 0 Å². The number of nitrogen functional groups attached to an aromatic ring is 1. The number of benzene rings is 2. The lowest BCUT2D eigenvalue weighted by Crippen LogP contribution is -2.41. The van der Waals surface area contributed by atoms with E-state index in [0.717, 1.165) is 16.0 Å². The van der Waals surface area contributed by atoms with Gasteiger partial charge in [0.05, 0.1) is 12.8 Å². The molecule has 0 atom stereocenters. The number of thiophene rings is 1. The SMILES string of the molecule is COc1cc(C(=O)NNC(=O)c2sc(-c3ccccc3)cc2N)ccc1C. The van der Waals surface area contributed by atoms with Gasteiger partial charge in [-0.2, -0.15) is 0 Å². The number of hydrazine groups is 1. The first-order valence-corrected chi connectivity index (χ1v) is 9.01. The normalized spacial score (nSPS) is 10.3. The molecule has 0 spiro atoms. The number of aryl methyl sites for hydroxylation is 1. The molecule has 2 amide bonds. The molecule has 7 heteroatoms. The van der Waals surface area contributed by atoms with Gasteiger partial charge in [-0.25, -0.2) is 0 Å². The second-order valence-corrected chi connectivity index (χ2v) is 6.91. The highest BCUT2D eigenvalue weighted by molar-refractivity contribution is 7.18. The Morgan fingerprint density at radius 2 is 1.70 bits per heavy atom. The second kappa shape index (κ2) is 7.92. The smallest absolute Gasteiger partial charge is 0.281 e. The third kappa shape index (κ3) is 4.09. The molecular formula is C20H19N3O3S. The number of carbonyl (C=O) groups is 2. The number of ether oxygens (including phenoxy) is 1. The zero-order valence-corrected chi connectivity index (χ0v) is 15.7. The van der Waals surface area contributed by atoms with Gasteiger partial charge in [0, 0.05) is 10.4 Å². The zero-order chi connectivity index (χ0) is 19.4. The minimum atomic E-state index is -0.466. The summed E-state index contributed by atoms with van der Waals surface area (Å²) in [6.07, 6.45) is 0. The number of nitrogens with two attached hydrogens (primary N) is 1. The van der Waals surface area contributed by atoms with Gasteiger partial charge in [-0.1, -0.05) is 36.4 Å². The molecule has 0 unspecified atom stereocenters. The van der Waals surface area contributed by atoms with Gasteiger partial charge in [-0.15, -0.1) is 11.3 Å². The lowest BCUT2D eigenvalue weighted by atomic mass is 10.1. The molecule has 0 saturated heterocycles. The van der Waals surface area contributed by atoms with E-state index in [-0.39, 0.29) is 0 Å². The third-order valence-electron chi connectivity index (χ3n) is 3.99.